The van der Waals surface area contributed by atoms with Gasteiger partial charge in [0.15, 0.2) is 0 Å². The van der Waals surface area contributed by atoms with E-state index in [9.17, 15) is 0 Å². The Morgan fingerprint density at radius 2 is 1.74 bits per heavy atom. The van der Waals surface area contributed by atoms with Crippen LogP contribution < -0.4 is 5.73 Å². The van der Waals surface area contributed by atoms with Gasteiger partial charge in [0.05, 0.1) is 16.8 Å². The number of fused-ring (bicyclic) bond motifs is 1. The molecular formula is C18H15N5. The molecule has 5 heteroatoms. The first-order valence-corrected chi connectivity index (χ1v) is 7.38. The Labute approximate surface area is 133 Å². The molecule has 3 aromatic heterocycles. The summed E-state index contributed by atoms with van der Waals surface area (Å²) in [5.74, 6) is 0.485. The van der Waals surface area contributed by atoms with Gasteiger partial charge in [0.1, 0.15) is 17.8 Å². The lowest BCUT2D eigenvalue weighted by Crippen LogP contribution is -2.04. The summed E-state index contributed by atoms with van der Waals surface area (Å²) in [6.07, 6.45) is 3.29. The topological polar surface area (TPSA) is 69.6 Å². The summed E-state index contributed by atoms with van der Waals surface area (Å²) in [5.41, 5.74) is 9.91. The number of benzene rings is 1. The molecule has 0 radical (unpaired) electrons. The molecule has 0 aliphatic heterocycles. The molecule has 0 saturated carbocycles. The second kappa shape index (κ2) is 5.53. The largest absolute Gasteiger partial charge is 0.383 e. The summed E-state index contributed by atoms with van der Waals surface area (Å²) < 4.78 is 2.13. The molecule has 0 amide bonds. The van der Waals surface area contributed by atoms with Gasteiger partial charge in [0.2, 0.25) is 0 Å². The Kier molecular flexibility index (Phi) is 3.24. The van der Waals surface area contributed by atoms with Crippen molar-refractivity contribution in [2.24, 2.45) is 0 Å². The number of nitrogen functional groups attached to an aromatic ring is 1. The number of nitrogens with two attached hydrogens (primary N) is 1. The van der Waals surface area contributed by atoms with E-state index in [0.29, 0.717) is 12.4 Å². The molecule has 0 atom stereocenters. The SMILES string of the molecule is Nc1ncnc2c1cc(-c1ccccn1)n2Cc1ccccc1. The van der Waals surface area contributed by atoms with Crippen LogP contribution in [0.3, 0.4) is 0 Å². The smallest absolute Gasteiger partial charge is 0.146 e. The van der Waals surface area contributed by atoms with Crippen LogP contribution in [0.1, 0.15) is 5.56 Å². The van der Waals surface area contributed by atoms with Gasteiger partial charge in [-0.2, -0.15) is 0 Å². The average Bonchev–Trinajstić information content (AvgIpc) is 2.97. The fourth-order valence-electron chi connectivity index (χ4n) is 2.73. The van der Waals surface area contributed by atoms with Crippen molar-refractivity contribution >= 4 is 16.9 Å². The predicted octanol–water partition coefficient (Wildman–Crippen LogP) is 3.12. The zero-order chi connectivity index (χ0) is 15.6. The maximum Gasteiger partial charge on any atom is 0.146 e. The van der Waals surface area contributed by atoms with E-state index >= 15 is 0 Å². The highest BCUT2D eigenvalue weighted by atomic mass is 15.1. The Morgan fingerprint density at radius 3 is 2.52 bits per heavy atom. The maximum atomic E-state index is 6.03. The normalized spacial score (nSPS) is 11.0. The van der Waals surface area contributed by atoms with Crippen LogP contribution in [0.4, 0.5) is 5.82 Å². The molecule has 0 aliphatic carbocycles. The van der Waals surface area contributed by atoms with Gasteiger partial charge in [-0.1, -0.05) is 36.4 Å². The van der Waals surface area contributed by atoms with Crippen molar-refractivity contribution < 1.29 is 0 Å². The van der Waals surface area contributed by atoms with Gasteiger partial charge >= 0.3 is 0 Å². The molecule has 112 valence electrons. The summed E-state index contributed by atoms with van der Waals surface area (Å²) in [4.78, 5) is 13.0. The summed E-state index contributed by atoms with van der Waals surface area (Å²) in [6.45, 7) is 0.701. The Balaban J connectivity index is 1.94. The molecule has 1 aromatic carbocycles. The highest BCUT2D eigenvalue weighted by molar-refractivity contribution is 5.91. The molecule has 5 nitrogen and oxygen atoms in total. The van der Waals surface area contributed by atoms with Crippen LogP contribution >= 0.6 is 0 Å². The molecule has 0 bridgehead atoms. The first-order valence-electron chi connectivity index (χ1n) is 7.38. The minimum atomic E-state index is 0.485. The molecule has 3 heterocycles. The van der Waals surface area contributed by atoms with Gasteiger partial charge in [-0.25, -0.2) is 9.97 Å². The molecule has 0 saturated heterocycles. The number of hydrogen-bond donors (Lipinski definition) is 1. The highest BCUT2D eigenvalue weighted by Crippen LogP contribution is 2.28. The third-order valence-electron chi connectivity index (χ3n) is 3.83. The summed E-state index contributed by atoms with van der Waals surface area (Å²) in [7, 11) is 0. The number of pyridine rings is 1. The van der Waals surface area contributed by atoms with E-state index in [0.717, 1.165) is 22.4 Å². The van der Waals surface area contributed by atoms with Crippen molar-refractivity contribution in [3.63, 3.8) is 0 Å². The molecule has 23 heavy (non-hydrogen) atoms. The zero-order valence-electron chi connectivity index (χ0n) is 12.4. The summed E-state index contributed by atoms with van der Waals surface area (Å²) >= 11 is 0. The zero-order valence-corrected chi connectivity index (χ0v) is 12.4. The van der Waals surface area contributed by atoms with Crippen LogP contribution in [0.25, 0.3) is 22.4 Å². The lowest BCUT2D eigenvalue weighted by atomic mass is 10.2. The Hall–Kier alpha value is -3.21. The number of anilines is 1. The fourth-order valence-corrected chi connectivity index (χ4v) is 2.73. The van der Waals surface area contributed by atoms with Crippen LogP contribution in [0.15, 0.2) is 67.1 Å². The van der Waals surface area contributed by atoms with Crippen LogP contribution in [0, 0.1) is 0 Å². The molecule has 0 spiro atoms. The van der Waals surface area contributed by atoms with Crippen molar-refractivity contribution in [1.29, 1.82) is 0 Å². The van der Waals surface area contributed by atoms with Crippen molar-refractivity contribution in [3.8, 4) is 11.4 Å². The van der Waals surface area contributed by atoms with Crippen molar-refractivity contribution in [3.05, 3.63) is 72.7 Å². The standard InChI is InChI=1S/C18H15N5/c19-17-14-10-16(15-8-4-5-9-20-15)23(18(14)22-12-21-17)11-13-6-2-1-3-7-13/h1-10,12H,11H2,(H2,19,21,22). The van der Waals surface area contributed by atoms with E-state index in [4.69, 9.17) is 5.73 Å². The second-order valence-corrected chi connectivity index (χ2v) is 5.31. The summed E-state index contributed by atoms with van der Waals surface area (Å²) in [6, 6.07) is 18.1. The van der Waals surface area contributed by atoms with E-state index < -0.39 is 0 Å². The quantitative estimate of drug-likeness (QED) is 0.631. The highest BCUT2D eigenvalue weighted by Gasteiger charge is 2.15. The van der Waals surface area contributed by atoms with Gasteiger partial charge in [-0.15, -0.1) is 0 Å². The third-order valence-corrected chi connectivity index (χ3v) is 3.83. The molecule has 4 rings (SSSR count). The van der Waals surface area contributed by atoms with Crippen LogP contribution in [0.5, 0.6) is 0 Å². The van der Waals surface area contributed by atoms with Crippen molar-refractivity contribution in [1.82, 2.24) is 19.5 Å². The lowest BCUT2D eigenvalue weighted by molar-refractivity contribution is 0.828. The Morgan fingerprint density at radius 1 is 0.913 bits per heavy atom. The minimum absolute atomic E-state index is 0.485. The van der Waals surface area contributed by atoms with Crippen LogP contribution in [-0.2, 0) is 6.54 Å². The van der Waals surface area contributed by atoms with Crippen molar-refractivity contribution in [2.45, 2.75) is 6.54 Å². The van der Waals surface area contributed by atoms with E-state index in [-0.39, 0.29) is 0 Å². The van der Waals surface area contributed by atoms with Gasteiger partial charge in [-0.3, -0.25) is 4.98 Å². The van der Waals surface area contributed by atoms with Gasteiger partial charge in [0.25, 0.3) is 0 Å². The van der Waals surface area contributed by atoms with Crippen LogP contribution in [0.2, 0.25) is 0 Å². The summed E-state index contributed by atoms with van der Waals surface area (Å²) in [5, 5.41) is 0.851. The Bertz CT molecular complexity index is 945. The molecule has 0 fully saturated rings. The first-order chi connectivity index (χ1) is 11.3. The van der Waals surface area contributed by atoms with Gasteiger partial charge < -0.3 is 10.3 Å². The molecular weight excluding hydrogens is 286 g/mol. The first kappa shape index (κ1) is 13.5. The third kappa shape index (κ3) is 2.42. The maximum absolute atomic E-state index is 6.03. The number of rotatable bonds is 3. The van der Waals surface area contributed by atoms with Gasteiger partial charge in [0, 0.05) is 12.7 Å². The minimum Gasteiger partial charge on any atom is -0.383 e. The van der Waals surface area contributed by atoms with E-state index in [1.807, 2.05) is 42.5 Å². The average molecular weight is 301 g/mol. The molecule has 2 N–H and O–H groups in total. The fraction of sp³-hybridized carbons (Fsp3) is 0.0556. The molecule has 0 aliphatic rings. The number of hydrogen-bond acceptors (Lipinski definition) is 4. The van der Waals surface area contributed by atoms with Crippen LogP contribution in [-0.4, -0.2) is 19.5 Å². The second-order valence-electron chi connectivity index (χ2n) is 5.31. The lowest BCUT2D eigenvalue weighted by Gasteiger charge is -2.10. The number of nitrogens with zero attached hydrogens (tertiary/aromatic N) is 4. The molecule has 0 unspecified atom stereocenters. The monoisotopic (exact) mass is 301 g/mol. The van der Waals surface area contributed by atoms with E-state index in [1.165, 1.54) is 11.9 Å². The van der Waals surface area contributed by atoms with Gasteiger partial charge in [-0.05, 0) is 23.8 Å². The predicted molar refractivity (Wildman–Crippen MR) is 90.7 cm³/mol. The van der Waals surface area contributed by atoms with Crippen molar-refractivity contribution in [2.75, 3.05) is 5.73 Å². The number of aromatic nitrogens is 4. The van der Waals surface area contributed by atoms with E-state index in [1.54, 1.807) is 6.20 Å². The molecule has 4 aromatic rings. The van der Waals surface area contributed by atoms with E-state index in [2.05, 4.69) is 31.7 Å².